The van der Waals surface area contributed by atoms with Gasteiger partial charge in [-0.3, -0.25) is 10.1 Å². The molecule has 1 N–H and O–H groups in total. The molecule has 0 radical (unpaired) electrons. The van der Waals surface area contributed by atoms with Crippen molar-refractivity contribution in [1.82, 2.24) is 0 Å². The fraction of sp³-hybridized carbons (Fsp3) is 0.500. The van der Waals surface area contributed by atoms with E-state index in [1.54, 1.807) is 6.07 Å². The molecule has 0 spiro atoms. The summed E-state index contributed by atoms with van der Waals surface area (Å²) in [4.78, 5) is 10.3. The molecular formula is C12H18N2O5S. The fourth-order valence-corrected chi connectivity index (χ4v) is 1.95. The average molecular weight is 302 g/mol. The molecule has 7 nitrogen and oxygen atoms in total. The lowest BCUT2D eigenvalue weighted by atomic mass is 10.2. The van der Waals surface area contributed by atoms with E-state index in [1.165, 1.54) is 12.1 Å². The molecular weight excluding hydrogens is 284 g/mol. The summed E-state index contributed by atoms with van der Waals surface area (Å²) in [6, 6.07) is 4.31. The van der Waals surface area contributed by atoms with Crippen molar-refractivity contribution in [3.05, 3.63) is 28.3 Å². The van der Waals surface area contributed by atoms with E-state index < -0.39 is 14.8 Å². The standard InChI is InChI=1S/C12H18N2O5S/c1-3-5-19-12-8-10(7-11(9-12)14(15)16)13-4-6-20(2,17)18/h7-9,13H,3-6H2,1-2H3. The number of hydrogen-bond donors (Lipinski definition) is 1. The average Bonchev–Trinajstić information content (AvgIpc) is 2.34. The summed E-state index contributed by atoms with van der Waals surface area (Å²) in [5.41, 5.74) is 0.370. The van der Waals surface area contributed by atoms with E-state index in [2.05, 4.69) is 5.32 Å². The zero-order valence-corrected chi connectivity index (χ0v) is 12.3. The molecule has 0 aliphatic carbocycles. The lowest BCUT2D eigenvalue weighted by Crippen LogP contribution is -2.14. The van der Waals surface area contributed by atoms with Crippen LogP contribution < -0.4 is 10.1 Å². The molecule has 0 amide bonds. The van der Waals surface area contributed by atoms with Gasteiger partial charge in [-0.2, -0.15) is 0 Å². The maximum absolute atomic E-state index is 11.0. The normalized spacial score (nSPS) is 11.1. The molecule has 8 heteroatoms. The summed E-state index contributed by atoms with van der Waals surface area (Å²) >= 11 is 0. The number of nitrogens with zero attached hydrogens (tertiary/aromatic N) is 1. The van der Waals surface area contributed by atoms with Gasteiger partial charge in [0.25, 0.3) is 5.69 Å². The monoisotopic (exact) mass is 302 g/mol. The van der Waals surface area contributed by atoms with Crippen molar-refractivity contribution in [2.45, 2.75) is 13.3 Å². The number of ether oxygens (including phenoxy) is 1. The highest BCUT2D eigenvalue weighted by Crippen LogP contribution is 2.26. The summed E-state index contributed by atoms with van der Waals surface area (Å²) in [6.07, 6.45) is 1.93. The Bertz CT molecular complexity index is 571. The van der Waals surface area contributed by atoms with Crippen LogP contribution in [0.3, 0.4) is 0 Å². The second-order valence-corrected chi connectivity index (χ2v) is 6.64. The van der Waals surface area contributed by atoms with E-state index >= 15 is 0 Å². The zero-order chi connectivity index (χ0) is 15.2. The predicted octanol–water partition coefficient (Wildman–Crippen LogP) is 1.84. The summed E-state index contributed by atoms with van der Waals surface area (Å²) in [5, 5.41) is 13.7. The molecule has 0 fully saturated rings. The minimum Gasteiger partial charge on any atom is -0.493 e. The summed E-state index contributed by atoms with van der Waals surface area (Å²) in [7, 11) is -3.07. The molecule has 0 aromatic heterocycles. The van der Waals surface area contributed by atoms with E-state index in [1.807, 2.05) is 6.92 Å². The Labute approximate surface area is 118 Å². The molecule has 1 aromatic carbocycles. The van der Waals surface area contributed by atoms with Gasteiger partial charge in [0.1, 0.15) is 15.6 Å². The van der Waals surface area contributed by atoms with E-state index in [9.17, 15) is 18.5 Å². The van der Waals surface area contributed by atoms with Crippen molar-refractivity contribution in [2.24, 2.45) is 0 Å². The van der Waals surface area contributed by atoms with Gasteiger partial charge in [0, 0.05) is 30.6 Å². The van der Waals surface area contributed by atoms with Crippen LogP contribution in [0.5, 0.6) is 5.75 Å². The molecule has 0 aliphatic heterocycles. The first-order chi connectivity index (χ1) is 9.31. The highest BCUT2D eigenvalue weighted by atomic mass is 32.2. The van der Waals surface area contributed by atoms with Gasteiger partial charge in [0.2, 0.25) is 0 Å². The molecule has 0 unspecified atom stereocenters. The zero-order valence-electron chi connectivity index (χ0n) is 11.5. The van der Waals surface area contributed by atoms with Crippen molar-refractivity contribution >= 4 is 21.2 Å². The van der Waals surface area contributed by atoms with Gasteiger partial charge in [0.05, 0.1) is 23.3 Å². The van der Waals surface area contributed by atoms with Gasteiger partial charge in [0.15, 0.2) is 0 Å². The largest absolute Gasteiger partial charge is 0.493 e. The Morgan fingerprint density at radius 2 is 2.05 bits per heavy atom. The number of benzene rings is 1. The number of non-ortho nitro benzene ring substituents is 1. The Hall–Kier alpha value is -1.83. The van der Waals surface area contributed by atoms with Crippen LogP contribution in [0, 0.1) is 10.1 Å². The van der Waals surface area contributed by atoms with Crippen LogP contribution in [-0.4, -0.2) is 38.5 Å². The van der Waals surface area contributed by atoms with Crippen molar-refractivity contribution in [3.63, 3.8) is 0 Å². The number of nitro benzene ring substituents is 1. The second kappa shape index (κ2) is 7.09. The number of anilines is 1. The molecule has 1 rings (SSSR count). The van der Waals surface area contributed by atoms with Crippen LogP contribution in [0.4, 0.5) is 11.4 Å². The van der Waals surface area contributed by atoms with Gasteiger partial charge in [-0.05, 0) is 6.42 Å². The van der Waals surface area contributed by atoms with Crippen molar-refractivity contribution < 1.29 is 18.1 Å². The van der Waals surface area contributed by atoms with E-state index in [0.717, 1.165) is 12.7 Å². The Kier molecular flexibility index (Phi) is 5.75. The van der Waals surface area contributed by atoms with Crippen LogP contribution in [0.1, 0.15) is 13.3 Å². The summed E-state index contributed by atoms with van der Waals surface area (Å²) in [6.45, 7) is 2.58. The second-order valence-electron chi connectivity index (χ2n) is 4.38. The van der Waals surface area contributed by atoms with E-state index in [0.29, 0.717) is 18.0 Å². The third kappa shape index (κ3) is 5.87. The number of rotatable bonds is 8. The molecule has 112 valence electrons. The lowest BCUT2D eigenvalue weighted by Gasteiger charge is -2.09. The van der Waals surface area contributed by atoms with E-state index in [-0.39, 0.29) is 18.0 Å². The van der Waals surface area contributed by atoms with Crippen molar-refractivity contribution in [3.8, 4) is 5.75 Å². The highest BCUT2D eigenvalue weighted by Gasteiger charge is 2.11. The first-order valence-electron chi connectivity index (χ1n) is 6.15. The SMILES string of the molecule is CCCOc1cc(NCCS(C)(=O)=O)cc([N+](=O)[O-])c1. The van der Waals surface area contributed by atoms with Gasteiger partial charge in [-0.25, -0.2) is 8.42 Å². The smallest absolute Gasteiger partial charge is 0.275 e. The highest BCUT2D eigenvalue weighted by molar-refractivity contribution is 7.90. The van der Waals surface area contributed by atoms with Crippen molar-refractivity contribution in [1.29, 1.82) is 0 Å². The van der Waals surface area contributed by atoms with Crippen LogP contribution in [0.25, 0.3) is 0 Å². The topological polar surface area (TPSA) is 98.5 Å². The van der Waals surface area contributed by atoms with Crippen LogP contribution in [0.15, 0.2) is 18.2 Å². The third-order valence-electron chi connectivity index (χ3n) is 2.38. The Morgan fingerprint density at radius 3 is 2.60 bits per heavy atom. The van der Waals surface area contributed by atoms with Gasteiger partial charge in [-0.15, -0.1) is 0 Å². The number of sulfone groups is 1. The molecule has 1 aromatic rings. The first-order valence-corrected chi connectivity index (χ1v) is 8.22. The molecule has 0 saturated heterocycles. The number of nitro groups is 1. The molecule has 20 heavy (non-hydrogen) atoms. The predicted molar refractivity (Wildman–Crippen MR) is 77.1 cm³/mol. The van der Waals surface area contributed by atoms with Gasteiger partial charge >= 0.3 is 0 Å². The van der Waals surface area contributed by atoms with Crippen LogP contribution in [0.2, 0.25) is 0 Å². The van der Waals surface area contributed by atoms with Gasteiger partial charge in [-0.1, -0.05) is 6.92 Å². The van der Waals surface area contributed by atoms with Crippen LogP contribution >= 0.6 is 0 Å². The molecule has 0 atom stereocenters. The molecule has 0 heterocycles. The first kappa shape index (κ1) is 16.2. The van der Waals surface area contributed by atoms with Crippen LogP contribution in [-0.2, 0) is 9.84 Å². The molecule has 0 bridgehead atoms. The van der Waals surface area contributed by atoms with Gasteiger partial charge < -0.3 is 10.1 Å². The minimum absolute atomic E-state index is 0.0408. The maximum Gasteiger partial charge on any atom is 0.275 e. The quantitative estimate of drug-likeness (QED) is 0.581. The van der Waals surface area contributed by atoms with E-state index in [4.69, 9.17) is 4.74 Å². The Morgan fingerprint density at radius 1 is 1.35 bits per heavy atom. The summed E-state index contributed by atoms with van der Waals surface area (Å²) < 4.78 is 27.4. The number of hydrogen-bond acceptors (Lipinski definition) is 6. The molecule has 0 aliphatic rings. The molecule has 0 saturated carbocycles. The maximum atomic E-state index is 11.0. The fourth-order valence-electron chi connectivity index (χ4n) is 1.47. The number of nitrogens with one attached hydrogen (secondary N) is 1. The lowest BCUT2D eigenvalue weighted by molar-refractivity contribution is -0.384. The van der Waals surface area contributed by atoms with Crippen molar-refractivity contribution in [2.75, 3.05) is 30.5 Å². The third-order valence-corrected chi connectivity index (χ3v) is 3.32. The minimum atomic E-state index is -3.07. The Balaban J connectivity index is 2.82. The summed E-state index contributed by atoms with van der Waals surface area (Å²) in [5.74, 6) is 0.351.